The van der Waals surface area contributed by atoms with Crippen LogP contribution in [0.5, 0.6) is 5.75 Å². The Balaban J connectivity index is 2.11. The van der Waals surface area contributed by atoms with E-state index in [0.29, 0.717) is 16.9 Å². The first-order valence-electron chi connectivity index (χ1n) is 6.33. The zero-order chi connectivity index (χ0) is 15.1. The van der Waals surface area contributed by atoms with E-state index in [9.17, 15) is 4.39 Å². The van der Waals surface area contributed by atoms with Gasteiger partial charge in [0.1, 0.15) is 18.2 Å². The fourth-order valence-electron chi connectivity index (χ4n) is 1.73. The molecule has 0 unspecified atom stereocenters. The molecule has 0 aliphatic heterocycles. The molecule has 3 nitrogen and oxygen atoms in total. The van der Waals surface area contributed by atoms with E-state index in [1.54, 1.807) is 36.4 Å². The Morgan fingerprint density at radius 2 is 2.05 bits per heavy atom. The van der Waals surface area contributed by atoms with Gasteiger partial charge in [-0.25, -0.2) is 4.39 Å². The van der Waals surface area contributed by atoms with Crippen molar-refractivity contribution in [2.75, 3.05) is 6.54 Å². The van der Waals surface area contributed by atoms with Crippen molar-refractivity contribution in [2.45, 2.75) is 6.61 Å². The molecule has 2 aromatic rings. The van der Waals surface area contributed by atoms with Gasteiger partial charge in [-0.3, -0.25) is 0 Å². The largest absolute Gasteiger partial charge is 0.489 e. The second-order valence-electron chi connectivity index (χ2n) is 4.25. The van der Waals surface area contributed by atoms with Crippen LogP contribution in [-0.4, -0.2) is 6.54 Å². The molecule has 0 bridgehead atoms. The third-order valence-electron chi connectivity index (χ3n) is 2.72. The molecule has 21 heavy (non-hydrogen) atoms. The normalized spacial score (nSPS) is 9.38. The van der Waals surface area contributed by atoms with Crippen molar-refractivity contribution in [1.29, 1.82) is 5.26 Å². The van der Waals surface area contributed by atoms with E-state index in [0.717, 1.165) is 5.56 Å². The molecule has 2 N–H and O–H groups in total. The van der Waals surface area contributed by atoms with Crippen molar-refractivity contribution in [1.82, 2.24) is 0 Å². The molecule has 0 saturated carbocycles. The molecule has 2 rings (SSSR count). The Morgan fingerprint density at radius 3 is 2.81 bits per heavy atom. The Kier molecular flexibility index (Phi) is 4.93. The van der Waals surface area contributed by atoms with Crippen molar-refractivity contribution in [3.8, 4) is 23.7 Å². The zero-order valence-electron chi connectivity index (χ0n) is 11.3. The molecule has 0 spiro atoms. The summed E-state index contributed by atoms with van der Waals surface area (Å²) in [6.07, 6.45) is 0. The maximum absolute atomic E-state index is 13.5. The molecular weight excluding hydrogens is 267 g/mol. The number of nitrogens with zero attached hydrogens (tertiary/aromatic N) is 1. The number of nitrogens with two attached hydrogens (primary N) is 1. The quantitative estimate of drug-likeness (QED) is 0.879. The lowest BCUT2D eigenvalue weighted by Crippen LogP contribution is -1.98. The second-order valence-corrected chi connectivity index (χ2v) is 4.25. The Labute approximate surface area is 122 Å². The Hall–Kier alpha value is -2.82. The van der Waals surface area contributed by atoms with Crippen LogP contribution in [0.1, 0.15) is 16.7 Å². The highest BCUT2D eigenvalue weighted by Crippen LogP contribution is 2.16. The van der Waals surface area contributed by atoms with Crippen LogP contribution in [-0.2, 0) is 6.61 Å². The maximum Gasteiger partial charge on any atom is 0.138 e. The van der Waals surface area contributed by atoms with Gasteiger partial charge in [0, 0.05) is 0 Å². The van der Waals surface area contributed by atoms with Crippen LogP contribution in [0.4, 0.5) is 4.39 Å². The van der Waals surface area contributed by atoms with Crippen molar-refractivity contribution in [3.63, 3.8) is 0 Å². The third kappa shape index (κ3) is 4.07. The summed E-state index contributed by atoms with van der Waals surface area (Å²) in [5, 5.41) is 8.82. The number of nitriles is 1. The fraction of sp³-hybridized carbons (Fsp3) is 0.118. The van der Waals surface area contributed by atoms with Crippen LogP contribution in [0.15, 0.2) is 42.5 Å². The molecule has 0 aliphatic carbocycles. The van der Waals surface area contributed by atoms with Crippen LogP contribution in [0, 0.1) is 29.0 Å². The van der Waals surface area contributed by atoms with Gasteiger partial charge in [-0.1, -0.05) is 24.0 Å². The molecule has 0 heterocycles. The maximum atomic E-state index is 13.5. The van der Waals surface area contributed by atoms with Crippen molar-refractivity contribution in [3.05, 3.63) is 65.0 Å². The Bertz CT molecular complexity index is 738. The molecule has 0 atom stereocenters. The predicted molar refractivity (Wildman–Crippen MR) is 77.8 cm³/mol. The second kappa shape index (κ2) is 7.09. The van der Waals surface area contributed by atoms with Crippen LogP contribution < -0.4 is 10.5 Å². The van der Waals surface area contributed by atoms with E-state index >= 15 is 0 Å². The van der Waals surface area contributed by atoms with Gasteiger partial charge in [-0.2, -0.15) is 5.26 Å². The molecule has 2 aromatic carbocycles. The van der Waals surface area contributed by atoms with Gasteiger partial charge in [0.15, 0.2) is 0 Å². The number of rotatable bonds is 3. The van der Waals surface area contributed by atoms with Gasteiger partial charge in [-0.15, -0.1) is 0 Å². The van der Waals surface area contributed by atoms with E-state index < -0.39 is 0 Å². The summed E-state index contributed by atoms with van der Waals surface area (Å²) in [4.78, 5) is 0. The van der Waals surface area contributed by atoms with Gasteiger partial charge in [-0.05, 0) is 35.9 Å². The standard InChI is InChI=1S/C17H13FN2O/c18-17-7-6-14(9-15(17)4-2-8-19)12-21-16-5-1-3-13(10-16)11-20/h1,3,5-7,9-10H,8,12,19H2. The van der Waals surface area contributed by atoms with Crippen molar-refractivity contribution >= 4 is 0 Å². The molecular formula is C17H13FN2O. The SMILES string of the molecule is N#Cc1cccc(OCc2ccc(F)c(C#CCN)c2)c1. The zero-order valence-corrected chi connectivity index (χ0v) is 11.3. The summed E-state index contributed by atoms with van der Waals surface area (Å²) in [5.41, 5.74) is 6.90. The summed E-state index contributed by atoms with van der Waals surface area (Å²) < 4.78 is 19.1. The number of hydrogen-bond donors (Lipinski definition) is 1. The van der Waals surface area contributed by atoms with Crippen LogP contribution in [0.3, 0.4) is 0 Å². The van der Waals surface area contributed by atoms with Gasteiger partial charge >= 0.3 is 0 Å². The summed E-state index contributed by atoms with van der Waals surface area (Å²) in [6, 6.07) is 13.5. The first-order valence-corrected chi connectivity index (χ1v) is 6.33. The molecule has 0 amide bonds. The molecule has 0 fully saturated rings. The van der Waals surface area contributed by atoms with Gasteiger partial charge in [0.25, 0.3) is 0 Å². The molecule has 4 heteroatoms. The minimum absolute atomic E-state index is 0.182. The van der Waals surface area contributed by atoms with E-state index in [2.05, 4.69) is 11.8 Å². The first kappa shape index (κ1) is 14.6. The molecule has 104 valence electrons. The van der Waals surface area contributed by atoms with Crippen LogP contribution >= 0.6 is 0 Å². The first-order chi connectivity index (χ1) is 10.2. The molecule has 0 aliphatic rings. The van der Waals surface area contributed by atoms with Gasteiger partial charge < -0.3 is 10.5 Å². The smallest absolute Gasteiger partial charge is 0.138 e. The highest BCUT2D eigenvalue weighted by Gasteiger charge is 2.03. The van der Waals surface area contributed by atoms with Crippen molar-refractivity contribution in [2.24, 2.45) is 5.73 Å². The van der Waals surface area contributed by atoms with Crippen molar-refractivity contribution < 1.29 is 9.13 Å². The lowest BCUT2D eigenvalue weighted by atomic mass is 10.1. The topological polar surface area (TPSA) is 59.0 Å². The van der Waals surface area contributed by atoms with Gasteiger partial charge in [0.05, 0.1) is 23.7 Å². The van der Waals surface area contributed by atoms with Gasteiger partial charge in [0.2, 0.25) is 0 Å². The highest BCUT2D eigenvalue weighted by atomic mass is 19.1. The number of benzene rings is 2. The minimum Gasteiger partial charge on any atom is -0.489 e. The fourth-order valence-corrected chi connectivity index (χ4v) is 1.73. The molecule has 0 aromatic heterocycles. The monoisotopic (exact) mass is 280 g/mol. The number of halogens is 1. The van der Waals surface area contributed by atoms with E-state index in [-0.39, 0.29) is 19.0 Å². The average molecular weight is 280 g/mol. The average Bonchev–Trinajstić information content (AvgIpc) is 2.53. The van der Waals surface area contributed by atoms with E-state index in [1.807, 2.05) is 6.07 Å². The summed E-state index contributed by atoms with van der Waals surface area (Å²) in [6.45, 7) is 0.452. The lowest BCUT2D eigenvalue weighted by Gasteiger charge is -2.07. The lowest BCUT2D eigenvalue weighted by molar-refractivity contribution is 0.306. The molecule has 0 saturated heterocycles. The van der Waals surface area contributed by atoms with Crippen LogP contribution in [0.25, 0.3) is 0 Å². The predicted octanol–water partition coefficient (Wildman–Crippen LogP) is 2.59. The Morgan fingerprint density at radius 1 is 1.19 bits per heavy atom. The highest BCUT2D eigenvalue weighted by molar-refractivity contribution is 5.39. The molecule has 0 radical (unpaired) electrons. The third-order valence-corrected chi connectivity index (χ3v) is 2.72. The summed E-state index contributed by atoms with van der Waals surface area (Å²) in [5.74, 6) is 5.51. The van der Waals surface area contributed by atoms with E-state index in [4.69, 9.17) is 15.7 Å². The summed E-state index contributed by atoms with van der Waals surface area (Å²) in [7, 11) is 0. The van der Waals surface area contributed by atoms with Crippen LogP contribution in [0.2, 0.25) is 0 Å². The minimum atomic E-state index is -0.383. The number of hydrogen-bond acceptors (Lipinski definition) is 3. The number of ether oxygens (including phenoxy) is 1. The van der Waals surface area contributed by atoms with E-state index in [1.165, 1.54) is 6.07 Å². The summed E-state index contributed by atoms with van der Waals surface area (Å²) >= 11 is 0.